The molecule has 0 radical (unpaired) electrons. The second kappa shape index (κ2) is 9.01. The monoisotopic (exact) mass is 284 g/mol. The fourth-order valence-corrected chi connectivity index (χ4v) is 3.63. The Morgan fingerprint density at radius 2 is 1.95 bits per heavy atom. The van der Waals surface area contributed by atoms with Gasteiger partial charge in [0.05, 0.1) is 6.10 Å². The highest BCUT2D eigenvalue weighted by atomic mass is 16.5. The lowest BCUT2D eigenvalue weighted by atomic mass is 9.87. The standard InChI is InChI=1S/C17H36N2O/c1-6-18-16(17(4,5)19(7-2)8-3)13-9-11-15-12-10-14-20-15/h15-16,18H,6-14H2,1-5H3. The Hall–Kier alpha value is -0.120. The fourth-order valence-electron chi connectivity index (χ4n) is 3.63. The van der Waals surface area contributed by atoms with Gasteiger partial charge in [0.25, 0.3) is 0 Å². The van der Waals surface area contributed by atoms with Crippen molar-refractivity contribution >= 4 is 0 Å². The van der Waals surface area contributed by atoms with E-state index in [1.54, 1.807) is 0 Å². The Kier molecular flexibility index (Phi) is 8.08. The molecule has 0 saturated carbocycles. The van der Waals surface area contributed by atoms with Crippen molar-refractivity contribution in [2.24, 2.45) is 0 Å². The topological polar surface area (TPSA) is 24.5 Å². The first-order valence-electron chi connectivity index (χ1n) is 8.66. The molecule has 3 nitrogen and oxygen atoms in total. The van der Waals surface area contributed by atoms with Crippen LogP contribution in [0.5, 0.6) is 0 Å². The summed E-state index contributed by atoms with van der Waals surface area (Å²) in [5.41, 5.74) is 0.218. The second-order valence-corrected chi connectivity index (χ2v) is 6.50. The minimum absolute atomic E-state index is 0.218. The molecular weight excluding hydrogens is 248 g/mol. The van der Waals surface area contributed by atoms with Gasteiger partial charge in [0.1, 0.15) is 0 Å². The highest BCUT2D eigenvalue weighted by Gasteiger charge is 2.33. The molecule has 1 N–H and O–H groups in total. The van der Waals surface area contributed by atoms with Crippen LogP contribution in [0, 0.1) is 0 Å². The molecule has 1 saturated heterocycles. The highest BCUT2D eigenvalue weighted by Crippen LogP contribution is 2.24. The molecule has 3 heteroatoms. The molecule has 120 valence electrons. The van der Waals surface area contributed by atoms with Gasteiger partial charge < -0.3 is 10.1 Å². The van der Waals surface area contributed by atoms with Crippen LogP contribution in [-0.4, -0.2) is 48.8 Å². The third-order valence-electron chi connectivity index (χ3n) is 4.92. The second-order valence-electron chi connectivity index (χ2n) is 6.50. The number of likely N-dealkylation sites (N-methyl/N-ethyl adjacent to an activating group) is 2. The van der Waals surface area contributed by atoms with E-state index in [1.807, 2.05) is 0 Å². The lowest BCUT2D eigenvalue weighted by Crippen LogP contribution is -2.57. The van der Waals surface area contributed by atoms with E-state index in [9.17, 15) is 0 Å². The van der Waals surface area contributed by atoms with Crippen LogP contribution in [-0.2, 0) is 4.74 Å². The van der Waals surface area contributed by atoms with Crippen molar-refractivity contribution in [3.63, 3.8) is 0 Å². The molecule has 0 amide bonds. The zero-order valence-electron chi connectivity index (χ0n) is 14.4. The summed E-state index contributed by atoms with van der Waals surface area (Å²) in [5.74, 6) is 0. The lowest BCUT2D eigenvalue weighted by molar-refractivity contribution is 0.0777. The normalized spacial score (nSPS) is 21.6. The first kappa shape index (κ1) is 17.9. The summed E-state index contributed by atoms with van der Waals surface area (Å²) in [7, 11) is 0. The Morgan fingerprint density at radius 3 is 2.45 bits per heavy atom. The van der Waals surface area contributed by atoms with E-state index in [0.29, 0.717) is 12.1 Å². The van der Waals surface area contributed by atoms with Crippen molar-refractivity contribution in [3.8, 4) is 0 Å². The number of nitrogens with one attached hydrogen (secondary N) is 1. The van der Waals surface area contributed by atoms with Gasteiger partial charge in [-0.3, -0.25) is 4.90 Å². The molecule has 2 unspecified atom stereocenters. The molecule has 0 aromatic heterocycles. The van der Waals surface area contributed by atoms with Gasteiger partial charge in [0.2, 0.25) is 0 Å². The van der Waals surface area contributed by atoms with Gasteiger partial charge in [-0.1, -0.05) is 20.8 Å². The summed E-state index contributed by atoms with van der Waals surface area (Å²) < 4.78 is 5.74. The van der Waals surface area contributed by atoms with E-state index >= 15 is 0 Å². The van der Waals surface area contributed by atoms with Gasteiger partial charge in [-0.2, -0.15) is 0 Å². The van der Waals surface area contributed by atoms with Crippen LogP contribution in [0.15, 0.2) is 0 Å². The molecule has 0 aliphatic carbocycles. The molecule has 0 aromatic rings. The number of ether oxygens (including phenoxy) is 1. The fraction of sp³-hybridized carbons (Fsp3) is 1.00. The Balaban J connectivity index is 2.48. The van der Waals surface area contributed by atoms with Gasteiger partial charge in [0.15, 0.2) is 0 Å². The van der Waals surface area contributed by atoms with Gasteiger partial charge in [-0.15, -0.1) is 0 Å². The predicted octanol–water partition coefficient (Wildman–Crippen LogP) is 3.43. The molecule has 1 aliphatic rings. The Bertz CT molecular complexity index is 245. The predicted molar refractivity (Wildman–Crippen MR) is 87.3 cm³/mol. The van der Waals surface area contributed by atoms with Gasteiger partial charge in [0, 0.05) is 18.2 Å². The molecule has 1 rings (SSSR count). The van der Waals surface area contributed by atoms with Gasteiger partial charge in [-0.05, 0) is 65.6 Å². The summed E-state index contributed by atoms with van der Waals surface area (Å²) >= 11 is 0. The van der Waals surface area contributed by atoms with Gasteiger partial charge in [-0.25, -0.2) is 0 Å². The number of rotatable bonds is 10. The maximum absolute atomic E-state index is 5.74. The van der Waals surface area contributed by atoms with Crippen molar-refractivity contribution in [3.05, 3.63) is 0 Å². The van der Waals surface area contributed by atoms with E-state index < -0.39 is 0 Å². The number of nitrogens with zero attached hydrogens (tertiary/aromatic N) is 1. The molecule has 0 bridgehead atoms. The van der Waals surface area contributed by atoms with Crippen LogP contribution >= 0.6 is 0 Å². The van der Waals surface area contributed by atoms with E-state index in [1.165, 1.54) is 32.1 Å². The average Bonchev–Trinajstić information content (AvgIpc) is 2.92. The Morgan fingerprint density at radius 1 is 1.25 bits per heavy atom. The number of hydrogen-bond acceptors (Lipinski definition) is 3. The van der Waals surface area contributed by atoms with Crippen LogP contribution in [0.3, 0.4) is 0 Å². The van der Waals surface area contributed by atoms with Crippen molar-refractivity contribution in [1.29, 1.82) is 0 Å². The van der Waals surface area contributed by atoms with Crippen LogP contribution < -0.4 is 5.32 Å². The van der Waals surface area contributed by atoms with Crippen LogP contribution in [0.2, 0.25) is 0 Å². The van der Waals surface area contributed by atoms with Crippen molar-refractivity contribution < 1.29 is 4.74 Å². The molecule has 2 atom stereocenters. The molecule has 0 spiro atoms. The maximum atomic E-state index is 5.74. The average molecular weight is 284 g/mol. The molecule has 1 aliphatic heterocycles. The maximum Gasteiger partial charge on any atom is 0.0576 e. The summed E-state index contributed by atoms with van der Waals surface area (Å²) in [6.45, 7) is 15.8. The highest BCUT2D eigenvalue weighted by molar-refractivity contribution is 4.93. The van der Waals surface area contributed by atoms with Crippen molar-refractivity contribution in [1.82, 2.24) is 10.2 Å². The van der Waals surface area contributed by atoms with Gasteiger partial charge >= 0.3 is 0 Å². The minimum atomic E-state index is 0.218. The molecule has 1 heterocycles. The largest absolute Gasteiger partial charge is 0.378 e. The molecule has 20 heavy (non-hydrogen) atoms. The summed E-state index contributed by atoms with van der Waals surface area (Å²) in [6.07, 6.45) is 6.81. The Labute approximate surface area is 126 Å². The molecule has 1 fully saturated rings. The molecule has 0 aromatic carbocycles. The van der Waals surface area contributed by atoms with Crippen molar-refractivity contribution in [2.45, 2.75) is 84.4 Å². The SMILES string of the molecule is CCNC(CCCC1CCCO1)C(C)(C)N(CC)CC. The number of hydrogen-bond donors (Lipinski definition) is 1. The van der Waals surface area contributed by atoms with Crippen LogP contribution in [0.4, 0.5) is 0 Å². The van der Waals surface area contributed by atoms with Crippen molar-refractivity contribution in [2.75, 3.05) is 26.2 Å². The smallest absolute Gasteiger partial charge is 0.0576 e. The van der Waals surface area contributed by atoms with E-state index in [2.05, 4.69) is 44.8 Å². The first-order valence-corrected chi connectivity index (χ1v) is 8.66. The zero-order chi connectivity index (χ0) is 15.0. The third-order valence-corrected chi connectivity index (χ3v) is 4.92. The van der Waals surface area contributed by atoms with Crippen LogP contribution in [0.25, 0.3) is 0 Å². The van der Waals surface area contributed by atoms with E-state index in [0.717, 1.165) is 26.2 Å². The van der Waals surface area contributed by atoms with E-state index in [4.69, 9.17) is 4.74 Å². The summed E-state index contributed by atoms with van der Waals surface area (Å²) in [4.78, 5) is 2.58. The first-order chi connectivity index (χ1) is 9.56. The lowest BCUT2D eigenvalue weighted by Gasteiger charge is -2.44. The minimum Gasteiger partial charge on any atom is -0.378 e. The van der Waals surface area contributed by atoms with E-state index in [-0.39, 0.29) is 5.54 Å². The molecular formula is C17H36N2O. The summed E-state index contributed by atoms with van der Waals surface area (Å²) in [5, 5.41) is 3.71. The van der Waals surface area contributed by atoms with Crippen LogP contribution in [0.1, 0.15) is 66.7 Å². The zero-order valence-corrected chi connectivity index (χ0v) is 14.4. The third kappa shape index (κ3) is 5.01. The quantitative estimate of drug-likeness (QED) is 0.665. The summed E-state index contributed by atoms with van der Waals surface area (Å²) in [6, 6.07) is 0.564.